The maximum atomic E-state index is 11.9. The molecule has 270 valence electrons. The highest BCUT2D eigenvalue weighted by Gasteiger charge is 2.15. The first-order chi connectivity index (χ1) is 22.2. The maximum absolute atomic E-state index is 11.9. The largest absolute Gasteiger partial charge is 0.393 e. The molecule has 46 heavy (non-hydrogen) atoms. The molecule has 0 rings (SSSR count). The molecule has 0 aliphatic carbocycles. The van der Waals surface area contributed by atoms with Crippen LogP contribution in [0, 0.1) is 11.8 Å². The van der Waals surface area contributed by atoms with Crippen LogP contribution in [0.3, 0.4) is 0 Å². The first-order valence-corrected chi connectivity index (χ1v) is 19.7. The molecule has 0 aliphatic rings. The zero-order valence-electron chi connectivity index (χ0n) is 30.8. The van der Waals surface area contributed by atoms with Gasteiger partial charge in [0.05, 0.1) is 12.8 Å². The van der Waals surface area contributed by atoms with E-state index >= 15 is 0 Å². The van der Waals surface area contributed by atoms with Gasteiger partial charge in [0.1, 0.15) is 0 Å². The third-order valence-corrected chi connectivity index (χ3v) is 8.81. The second-order valence-corrected chi connectivity index (χ2v) is 14.5. The molecule has 0 fully saturated rings. The molecule has 0 aromatic rings. The molecular formula is C40H74O6. The molecule has 6 nitrogen and oxygen atoms in total. The van der Waals surface area contributed by atoms with Gasteiger partial charge in [-0.1, -0.05) is 182 Å². The summed E-state index contributed by atoms with van der Waals surface area (Å²) < 4.78 is 9.63. The van der Waals surface area contributed by atoms with Gasteiger partial charge in [0.2, 0.25) is 0 Å². The molecule has 0 bridgehead atoms. The summed E-state index contributed by atoms with van der Waals surface area (Å²) in [5, 5.41) is 0. The van der Waals surface area contributed by atoms with Crippen LogP contribution >= 0.6 is 0 Å². The molecule has 0 aromatic carbocycles. The van der Waals surface area contributed by atoms with E-state index in [-0.39, 0.29) is 25.7 Å². The minimum atomic E-state index is -0.740. The number of unbranched alkanes of at least 4 members (excludes halogenated alkanes) is 22. The van der Waals surface area contributed by atoms with E-state index in [0.29, 0.717) is 12.8 Å². The second kappa shape index (κ2) is 33.2. The molecule has 0 radical (unpaired) electrons. The highest BCUT2D eigenvalue weighted by Crippen LogP contribution is 2.16. The van der Waals surface area contributed by atoms with Gasteiger partial charge in [-0.15, -0.1) is 0 Å². The summed E-state index contributed by atoms with van der Waals surface area (Å²) in [6.07, 6.45) is 31.8. The Hall–Kier alpha value is -1.72. The van der Waals surface area contributed by atoms with Gasteiger partial charge in [-0.25, -0.2) is 0 Å². The average Bonchev–Trinajstić information content (AvgIpc) is 3.00. The Morgan fingerprint density at radius 1 is 0.304 bits per heavy atom. The number of hydrogen-bond acceptors (Lipinski definition) is 6. The summed E-state index contributed by atoms with van der Waals surface area (Å²) in [5.41, 5.74) is 0. The summed E-state index contributed by atoms with van der Waals surface area (Å²) in [4.78, 5) is 47.6. The van der Waals surface area contributed by atoms with Crippen LogP contribution in [-0.2, 0) is 28.7 Å². The van der Waals surface area contributed by atoms with E-state index in [4.69, 9.17) is 9.47 Å². The lowest BCUT2D eigenvalue weighted by Gasteiger charge is -2.05. The molecule has 0 saturated carbocycles. The van der Waals surface area contributed by atoms with Crippen molar-refractivity contribution >= 4 is 23.9 Å². The van der Waals surface area contributed by atoms with Gasteiger partial charge in [0.25, 0.3) is 0 Å². The van der Waals surface area contributed by atoms with Crippen molar-refractivity contribution in [2.45, 2.75) is 220 Å². The summed E-state index contributed by atoms with van der Waals surface area (Å²) in [5.74, 6) is -0.919. The van der Waals surface area contributed by atoms with Crippen molar-refractivity contribution in [3.05, 3.63) is 0 Å². The van der Waals surface area contributed by atoms with Gasteiger partial charge >= 0.3 is 23.9 Å². The highest BCUT2D eigenvalue weighted by atomic mass is 16.6. The molecule has 6 heteroatoms. The summed E-state index contributed by atoms with van der Waals surface area (Å²) in [6, 6.07) is 0. The van der Waals surface area contributed by atoms with Crippen molar-refractivity contribution in [1.82, 2.24) is 0 Å². The van der Waals surface area contributed by atoms with Crippen LogP contribution in [0.5, 0.6) is 0 Å². The predicted octanol–water partition coefficient (Wildman–Crippen LogP) is 12.1. The zero-order chi connectivity index (χ0) is 34.1. The normalized spacial score (nSPS) is 11.3. The zero-order valence-corrected chi connectivity index (χ0v) is 30.8. The van der Waals surface area contributed by atoms with E-state index in [1.54, 1.807) is 0 Å². The Kier molecular flexibility index (Phi) is 32.0. The van der Waals surface area contributed by atoms with Gasteiger partial charge in [-0.05, 0) is 24.7 Å². The SMILES string of the molecule is CC(C)CCCCCCCCCCCCCCC(=O)OC(=O)CCC(=O)OC(=O)CCCCCCCCCCCCCCC(C)C. The van der Waals surface area contributed by atoms with Crippen LogP contribution in [0.1, 0.15) is 220 Å². The Labute approximate surface area is 284 Å². The van der Waals surface area contributed by atoms with Crippen LogP contribution in [0.2, 0.25) is 0 Å². The quantitative estimate of drug-likeness (QED) is 0.0399. The van der Waals surface area contributed by atoms with E-state index in [9.17, 15) is 19.2 Å². The van der Waals surface area contributed by atoms with E-state index in [1.165, 1.54) is 128 Å². The third kappa shape index (κ3) is 35.1. The van der Waals surface area contributed by atoms with Gasteiger partial charge < -0.3 is 9.47 Å². The fraction of sp³-hybridized carbons (Fsp3) is 0.900. The lowest BCUT2D eigenvalue weighted by atomic mass is 10.0. The Balaban J connectivity index is 3.51. The molecule has 0 N–H and O–H groups in total. The molecular weight excluding hydrogens is 576 g/mol. The van der Waals surface area contributed by atoms with Crippen LogP contribution in [0.25, 0.3) is 0 Å². The van der Waals surface area contributed by atoms with Crippen molar-refractivity contribution in [3.63, 3.8) is 0 Å². The first-order valence-electron chi connectivity index (χ1n) is 19.7. The fourth-order valence-corrected chi connectivity index (χ4v) is 5.84. The van der Waals surface area contributed by atoms with Crippen LogP contribution in [-0.4, -0.2) is 23.9 Å². The fourth-order valence-electron chi connectivity index (χ4n) is 5.84. The molecule has 0 heterocycles. The van der Waals surface area contributed by atoms with Crippen molar-refractivity contribution in [2.75, 3.05) is 0 Å². The van der Waals surface area contributed by atoms with Crippen molar-refractivity contribution < 1.29 is 28.7 Å². The Morgan fingerprint density at radius 2 is 0.500 bits per heavy atom. The minimum Gasteiger partial charge on any atom is -0.393 e. The summed E-state index contributed by atoms with van der Waals surface area (Å²) >= 11 is 0. The summed E-state index contributed by atoms with van der Waals surface area (Å²) in [6.45, 7) is 9.18. The standard InChI is InChI=1S/C40H74O6/c1-35(2)29-25-21-17-13-9-5-7-11-15-19-23-27-31-37(41)45-39(43)33-34-40(44)46-38(42)32-28-24-20-16-12-8-6-10-14-18-22-26-30-36(3)4/h35-36H,5-34H2,1-4H3. The molecule has 0 aliphatic heterocycles. The van der Waals surface area contributed by atoms with Gasteiger partial charge in [-0.3, -0.25) is 19.2 Å². The second-order valence-electron chi connectivity index (χ2n) is 14.5. The van der Waals surface area contributed by atoms with E-state index < -0.39 is 23.9 Å². The van der Waals surface area contributed by atoms with E-state index in [1.807, 2.05) is 0 Å². The van der Waals surface area contributed by atoms with Gasteiger partial charge in [0.15, 0.2) is 0 Å². The Bertz CT molecular complexity index is 682. The molecule has 0 saturated heterocycles. The molecule has 0 amide bonds. The third-order valence-electron chi connectivity index (χ3n) is 8.81. The number of esters is 4. The number of carbonyl (C=O) groups is 4. The molecule has 0 unspecified atom stereocenters. The lowest BCUT2D eigenvalue weighted by Crippen LogP contribution is -2.16. The molecule has 0 aromatic heterocycles. The summed E-state index contributed by atoms with van der Waals surface area (Å²) in [7, 11) is 0. The number of rotatable bonds is 33. The van der Waals surface area contributed by atoms with Gasteiger partial charge in [-0.2, -0.15) is 0 Å². The van der Waals surface area contributed by atoms with Crippen LogP contribution in [0.4, 0.5) is 0 Å². The van der Waals surface area contributed by atoms with Gasteiger partial charge in [0, 0.05) is 12.8 Å². The van der Waals surface area contributed by atoms with E-state index in [0.717, 1.165) is 37.5 Å². The lowest BCUT2D eigenvalue weighted by molar-refractivity contribution is -0.165. The van der Waals surface area contributed by atoms with Crippen LogP contribution < -0.4 is 0 Å². The smallest absolute Gasteiger partial charge is 0.314 e. The minimum absolute atomic E-state index is 0.212. The average molecular weight is 651 g/mol. The topological polar surface area (TPSA) is 86.7 Å². The molecule has 0 spiro atoms. The monoisotopic (exact) mass is 651 g/mol. The number of carbonyl (C=O) groups excluding carboxylic acids is 4. The number of ether oxygens (including phenoxy) is 2. The van der Waals surface area contributed by atoms with E-state index in [2.05, 4.69) is 27.7 Å². The van der Waals surface area contributed by atoms with Crippen molar-refractivity contribution in [3.8, 4) is 0 Å². The Morgan fingerprint density at radius 3 is 0.739 bits per heavy atom. The van der Waals surface area contributed by atoms with Crippen molar-refractivity contribution in [1.29, 1.82) is 0 Å². The highest BCUT2D eigenvalue weighted by molar-refractivity contribution is 5.89. The number of hydrogen-bond donors (Lipinski definition) is 0. The maximum Gasteiger partial charge on any atom is 0.314 e. The predicted molar refractivity (Wildman–Crippen MR) is 190 cm³/mol. The molecule has 0 atom stereocenters. The van der Waals surface area contributed by atoms with Crippen LogP contribution in [0.15, 0.2) is 0 Å². The van der Waals surface area contributed by atoms with Crippen molar-refractivity contribution in [2.24, 2.45) is 11.8 Å². The first kappa shape index (κ1) is 44.3.